The Hall–Kier alpha value is -4.27. The van der Waals surface area contributed by atoms with E-state index in [0.29, 0.717) is 23.6 Å². The van der Waals surface area contributed by atoms with Gasteiger partial charge in [0.2, 0.25) is 27.7 Å². The first-order valence-electron chi connectivity index (χ1n) is 16.3. The largest absolute Gasteiger partial charge is 0.472 e. The van der Waals surface area contributed by atoms with Crippen LogP contribution in [0.25, 0.3) is 10.8 Å². The number of ether oxygens (including phenoxy) is 2. The molecule has 15 heteroatoms. The number of rotatable bonds is 10. The zero-order valence-electron chi connectivity index (χ0n) is 28.5. The molecule has 3 N–H and O–H groups in total. The number of hydrogen-bond donors (Lipinski definition) is 3. The molecule has 3 fully saturated rings. The van der Waals surface area contributed by atoms with E-state index in [-0.39, 0.29) is 25.3 Å². The molecule has 2 saturated carbocycles. The molecule has 49 heavy (non-hydrogen) atoms. The molecule has 1 aliphatic heterocycles. The summed E-state index contributed by atoms with van der Waals surface area (Å²) in [4.78, 5) is 60.3. The number of amides is 4. The number of carbonyl (C=O) groups excluding carboxylic acids is 4. The second-order valence-electron chi connectivity index (χ2n) is 15.1. The molecule has 266 valence electrons. The van der Waals surface area contributed by atoms with Gasteiger partial charge in [-0.2, -0.15) is 0 Å². The molecular weight excluding hydrogens is 657 g/mol. The number of aromatic nitrogens is 1. The summed E-state index contributed by atoms with van der Waals surface area (Å²) in [5.74, 6) is -3.14. The number of fused-ring (bicyclic) bond motifs is 1. The van der Waals surface area contributed by atoms with Gasteiger partial charge in [0.1, 0.15) is 35.1 Å². The number of carbonyl (C=O) groups is 4. The van der Waals surface area contributed by atoms with Crippen LogP contribution in [0.4, 0.5) is 9.18 Å². The summed E-state index contributed by atoms with van der Waals surface area (Å²) in [6.45, 7) is 13.9. The normalized spacial score (nSPS) is 24.5. The van der Waals surface area contributed by atoms with Gasteiger partial charge in [-0.1, -0.05) is 32.9 Å². The number of alkyl carbamates (subject to hydrolysis) is 1. The van der Waals surface area contributed by atoms with Gasteiger partial charge in [0, 0.05) is 23.9 Å². The quantitative estimate of drug-likeness (QED) is 0.314. The van der Waals surface area contributed by atoms with E-state index in [2.05, 4.69) is 26.9 Å². The van der Waals surface area contributed by atoms with Crippen molar-refractivity contribution < 1.29 is 41.5 Å². The average Bonchev–Trinajstić information content (AvgIpc) is 3.91. The third-order valence-corrected chi connectivity index (χ3v) is 10.7. The van der Waals surface area contributed by atoms with Crippen LogP contribution in [0.1, 0.15) is 67.2 Å². The van der Waals surface area contributed by atoms with Crippen LogP contribution >= 0.6 is 0 Å². The maximum Gasteiger partial charge on any atom is 0.408 e. The van der Waals surface area contributed by atoms with E-state index in [1.807, 2.05) is 0 Å². The highest BCUT2D eigenvalue weighted by atomic mass is 32.2. The van der Waals surface area contributed by atoms with E-state index >= 15 is 0 Å². The maximum absolute atomic E-state index is 14.3. The standard InChI is InChI=1S/C34H44FN5O8S/c1-8-20-17-34(20,30(43)39-49(45,46)23-11-12-23)38-27(41)25-16-22(47-28-24-15-21(35)10-9-19(24)13-14-36-28)18-40(25)29(42)26(32(2,3)4)37-31(44)48-33(5,6)7/h8-10,13-15,20,22-23,25-26H,1,11-12,16-18H2,2-7H3,(H,37,44)(H,38,41)(H,39,43)/t20-,22-,25-,26-,34-/m1/s1. The summed E-state index contributed by atoms with van der Waals surface area (Å²) < 4.78 is 53.2. The molecule has 3 aliphatic rings. The van der Waals surface area contributed by atoms with Crippen LogP contribution in [-0.2, 0) is 29.1 Å². The van der Waals surface area contributed by atoms with Gasteiger partial charge in [0.25, 0.3) is 5.91 Å². The third-order valence-electron chi connectivity index (χ3n) is 8.84. The molecule has 4 amide bonds. The Labute approximate surface area is 285 Å². The van der Waals surface area contributed by atoms with E-state index in [1.54, 1.807) is 53.7 Å². The van der Waals surface area contributed by atoms with E-state index in [4.69, 9.17) is 9.47 Å². The van der Waals surface area contributed by atoms with Gasteiger partial charge >= 0.3 is 6.09 Å². The van der Waals surface area contributed by atoms with Crippen molar-refractivity contribution in [2.24, 2.45) is 11.3 Å². The Kier molecular flexibility index (Phi) is 9.47. The van der Waals surface area contributed by atoms with E-state index < -0.39 is 85.6 Å². The van der Waals surface area contributed by atoms with Crippen LogP contribution < -0.4 is 20.1 Å². The van der Waals surface area contributed by atoms with Gasteiger partial charge < -0.3 is 25.0 Å². The number of halogens is 1. The minimum atomic E-state index is -3.91. The van der Waals surface area contributed by atoms with Crippen LogP contribution in [0.2, 0.25) is 0 Å². The average molecular weight is 702 g/mol. The fourth-order valence-corrected chi connectivity index (χ4v) is 7.36. The summed E-state index contributed by atoms with van der Waals surface area (Å²) in [6.07, 6.45) is 2.29. The number of hydrogen-bond acceptors (Lipinski definition) is 9. The molecule has 2 heterocycles. The Morgan fingerprint density at radius 2 is 1.82 bits per heavy atom. The lowest BCUT2D eigenvalue weighted by molar-refractivity contribution is -0.143. The zero-order valence-corrected chi connectivity index (χ0v) is 29.4. The molecule has 0 unspecified atom stereocenters. The SMILES string of the molecule is C=C[C@@H]1C[C@]1(NC(=O)[C@H]1C[C@@H](Oc2nccc3ccc(F)cc23)CN1C(=O)[C@@H](NC(=O)OC(C)(C)C)C(C)(C)C)C(=O)NS(=O)(=O)C1CC1. The van der Waals surface area contributed by atoms with Crippen LogP contribution in [-0.4, -0.2) is 83.2 Å². The summed E-state index contributed by atoms with van der Waals surface area (Å²) in [5, 5.41) is 5.80. The predicted molar refractivity (Wildman–Crippen MR) is 178 cm³/mol. The van der Waals surface area contributed by atoms with E-state index in [0.717, 1.165) is 0 Å². The molecule has 0 radical (unpaired) electrons. The van der Waals surface area contributed by atoms with E-state index in [1.165, 1.54) is 29.3 Å². The van der Waals surface area contributed by atoms with Crippen molar-refractivity contribution in [2.45, 2.75) is 102 Å². The second kappa shape index (κ2) is 12.9. The van der Waals surface area contributed by atoms with Gasteiger partial charge in [0.15, 0.2) is 0 Å². The number of nitrogens with one attached hydrogen (secondary N) is 3. The monoisotopic (exact) mass is 701 g/mol. The number of benzene rings is 1. The molecule has 5 atom stereocenters. The summed E-state index contributed by atoms with van der Waals surface area (Å²) in [6, 6.07) is 3.51. The van der Waals surface area contributed by atoms with Gasteiger partial charge in [-0.25, -0.2) is 22.6 Å². The number of sulfonamides is 1. The molecule has 0 spiro atoms. The smallest absolute Gasteiger partial charge is 0.408 e. The third kappa shape index (κ3) is 7.97. The van der Waals surface area contributed by atoms with Crippen molar-refractivity contribution in [1.82, 2.24) is 25.2 Å². The molecule has 0 bridgehead atoms. The minimum Gasteiger partial charge on any atom is -0.472 e. The lowest BCUT2D eigenvalue weighted by Gasteiger charge is -2.36. The number of pyridine rings is 1. The van der Waals surface area contributed by atoms with Crippen LogP contribution in [0.3, 0.4) is 0 Å². The van der Waals surface area contributed by atoms with Gasteiger partial charge in [-0.3, -0.25) is 19.1 Å². The topological polar surface area (TPSA) is 173 Å². The van der Waals surface area contributed by atoms with Crippen molar-refractivity contribution >= 4 is 44.6 Å². The summed E-state index contributed by atoms with van der Waals surface area (Å²) in [7, 11) is -3.91. The Morgan fingerprint density at radius 3 is 2.41 bits per heavy atom. The molecule has 1 aromatic heterocycles. The first-order chi connectivity index (χ1) is 22.7. The van der Waals surface area contributed by atoms with Crippen molar-refractivity contribution in [3.63, 3.8) is 0 Å². The first kappa shape index (κ1) is 36.0. The number of nitrogens with zero attached hydrogens (tertiary/aromatic N) is 2. The lowest BCUT2D eigenvalue weighted by atomic mass is 9.85. The maximum atomic E-state index is 14.3. The molecule has 1 aromatic carbocycles. The highest BCUT2D eigenvalue weighted by Crippen LogP contribution is 2.45. The van der Waals surface area contributed by atoms with Gasteiger partial charge in [0.05, 0.1) is 11.8 Å². The van der Waals surface area contributed by atoms with Gasteiger partial charge in [-0.15, -0.1) is 6.58 Å². The fourth-order valence-electron chi connectivity index (χ4n) is 6.00. The van der Waals surface area contributed by atoms with Crippen LogP contribution in [0.5, 0.6) is 5.88 Å². The van der Waals surface area contributed by atoms with Crippen molar-refractivity contribution in [3.05, 3.63) is 48.9 Å². The predicted octanol–water partition coefficient (Wildman–Crippen LogP) is 3.33. The second-order valence-corrected chi connectivity index (χ2v) is 17.1. The Balaban J connectivity index is 1.44. The first-order valence-corrected chi connectivity index (χ1v) is 17.8. The van der Waals surface area contributed by atoms with Crippen LogP contribution in [0, 0.1) is 17.2 Å². The molecule has 5 rings (SSSR count). The Morgan fingerprint density at radius 1 is 1.12 bits per heavy atom. The van der Waals surface area contributed by atoms with Crippen molar-refractivity contribution in [2.75, 3.05) is 6.54 Å². The molecule has 2 aromatic rings. The van der Waals surface area contributed by atoms with Crippen molar-refractivity contribution in [1.29, 1.82) is 0 Å². The minimum absolute atomic E-state index is 0.0505. The van der Waals surface area contributed by atoms with E-state index in [9.17, 15) is 32.0 Å². The van der Waals surface area contributed by atoms with Crippen LogP contribution in [0.15, 0.2) is 43.1 Å². The highest BCUT2D eigenvalue weighted by molar-refractivity contribution is 7.91. The summed E-state index contributed by atoms with van der Waals surface area (Å²) in [5.41, 5.74) is -3.27. The molecule has 13 nitrogen and oxygen atoms in total. The molecule has 1 saturated heterocycles. The lowest BCUT2D eigenvalue weighted by Crippen LogP contribution is -2.60. The highest BCUT2D eigenvalue weighted by Gasteiger charge is 2.62. The molecular formula is C34H44FN5O8S. The summed E-state index contributed by atoms with van der Waals surface area (Å²) >= 11 is 0. The zero-order chi connectivity index (χ0) is 36.1. The van der Waals surface area contributed by atoms with Crippen molar-refractivity contribution in [3.8, 4) is 5.88 Å². The van der Waals surface area contributed by atoms with Gasteiger partial charge in [-0.05, 0) is 69.0 Å². The number of likely N-dealkylation sites (tertiary alicyclic amines) is 1. The molecule has 2 aliphatic carbocycles. The Bertz CT molecular complexity index is 1780. The fraction of sp³-hybridized carbons (Fsp3) is 0.559.